The van der Waals surface area contributed by atoms with Crippen LogP contribution in [0.1, 0.15) is 62.4 Å². The molecule has 52 heavy (non-hydrogen) atoms. The molecule has 2 rings (SSSR count). The zero-order valence-electron chi connectivity index (χ0n) is 30.4. The highest BCUT2D eigenvalue weighted by Gasteiger charge is 2.23. The van der Waals surface area contributed by atoms with Crippen LogP contribution in [0.3, 0.4) is 0 Å². The molecule has 0 fully saturated rings. The van der Waals surface area contributed by atoms with E-state index in [1.807, 2.05) is 55.3 Å². The number of allylic oxidation sites excluding steroid dienone is 9. The quantitative estimate of drug-likeness (QED) is 0.0503. The van der Waals surface area contributed by atoms with Crippen molar-refractivity contribution in [3.05, 3.63) is 142 Å². The average Bonchev–Trinajstić information content (AvgIpc) is 3.13. The molecule has 0 saturated carbocycles. The Hall–Kier alpha value is -4.99. The van der Waals surface area contributed by atoms with E-state index in [2.05, 4.69) is 12.2 Å². The van der Waals surface area contributed by atoms with Gasteiger partial charge in [-0.05, 0) is 104 Å². The number of nitrogens with one attached hydrogen (secondary N) is 2. The molecule has 0 aliphatic carbocycles. The summed E-state index contributed by atoms with van der Waals surface area (Å²) in [7, 11) is 3.09. The summed E-state index contributed by atoms with van der Waals surface area (Å²) < 4.78 is 16.4. The van der Waals surface area contributed by atoms with Crippen LogP contribution in [0.25, 0.3) is 0 Å². The molecule has 0 aromatic heterocycles. The number of benzene rings is 2. The van der Waals surface area contributed by atoms with Crippen molar-refractivity contribution in [2.45, 2.75) is 58.9 Å². The number of methoxy groups -OCH3 is 2. The number of halogens is 2. The van der Waals surface area contributed by atoms with Crippen LogP contribution >= 0.6 is 23.2 Å². The predicted octanol–water partition coefficient (Wildman–Crippen LogP) is 10.0. The van der Waals surface area contributed by atoms with Gasteiger partial charge < -0.3 is 29.5 Å². The van der Waals surface area contributed by atoms with Gasteiger partial charge in [-0.3, -0.25) is 10.2 Å². The number of unbranched alkanes of at least 4 members (excludes halogenated alkanes) is 1. The van der Waals surface area contributed by atoms with Crippen LogP contribution in [0.2, 0.25) is 0 Å². The SMILES string of the molecule is CC\C=C(/C=C(\C=C\OC)OC)CC(=O)NC(Cc1ccc(Oc2ccc(C(=O)O)cc2)cc1)C(=N)N(/C=C/C(C)=C/C=C(Cl)\C=C\Cl)CCCC. The maximum Gasteiger partial charge on any atom is 0.335 e. The number of carbonyl (C=O) groups is 2. The number of ether oxygens (including phenoxy) is 3. The molecule has 3 N–H and O–H groups in total. The van der Waals surface area contributed by atoms with E-state index >= 15 is 0 Å². The summed E-state index contributed by atoms with van der Waals surface area (Å²) in [6.07, 6.45) is 18.7. The highest BCUT2D eigenvalue weighted by molar-refractivity contribution is 6.33. The van der Waals surface area contributed by atoms with Gasteiger partial charge in [0.15, 0.2) is 0 Å². The summed E-state index contributed by atoms with van der Waals surface area (Å²) in [5, 5.41) is 22.1. The topological polar surface area (TPSA) is 121 Å². The van der Waals surface area contributed by atoms with Crippen molar-refractivity contribution in [3.63, 3.8) is 0 Å². The van der Waals surface area contributed by atoms with Crippen LogP contribution in [-0.2, 0) is 20.7 Å². The Balaban J connectivity index is 2.41. The van der Waals surface area contributed by atoms with Crippen LogP contribution in [0.15, 0.2) is 131 Å². The van der Waals surface area contributed by atoms with Gasteiger partial charge in [0, 0.05) is 29.4 Å². The van der Waals surface area contributed by atoms with Gasteiger partial charge in [0.1, 0.15) is 23.1 Å². The third-order valence-electron chi connectivity index (χ3n) is 7.44. The molecule has 0 radical (unpaired) electrons. The van der Waals surface area contributed by atoms with Crippen LogP contribution in [0, 0.1) is 5.41 Å². The molecule has 0 aliphatic rings. The number of aromatic carboxylic acids is 1. The number of rotatable bonds is 21. The number of carboxylic acids is 1. The summed E-state index contributed by atoms with van der Waals surface area (Å²) in [5.74, 6) is 0.576. The maximum atomic E-state index is 13.6. The van der Waals surface area contributed by atoms with Gasteiger partial charge in [-0.2, -0.15) is 0 Å². The van der Waals surface area contributed by atoms with Crippen molar-refractivity contribution in [2.24, 2.45) is 0 Å². The third-order valence-corrected chi connectivity index (χ3v) is 7.81. The third kappa shape index (κ3) is 16.4. The number of amidine groups is 1. The zero-order chi connectivity index (χ0) is 38.3. The molecule has 0 heterocycles. The molecule has 9 nitrogen and oxygen atoms in total. The second-order valence-electron chi connectivity index (χ2n) is 11.6. The summed E-state index contributed by atoms with van der Waals surface area (Å²) in [6.45, 7) is 6.59. The predicted molar refractivity (Wildman–Crippen MR) is 211 cm³/mol. The lowest BCUT2D eigenvalue weighted by molar-refractivity contribution is -0.120. The largest absolute Gasteiger partial charge is 0.504 e. The van der Waals surface area contributed by atoms with Crippen LogP contribution in [0.5, 0.6) is 11.5 Å². The van der Waals surface area contributed by atoms with E-state index in [1.165, 1.54) is 23.9 Å². The lowest BCUT2D eigenvalue weighted by Crippen LogP contribution is -2.48. The second-order valence-corrected chi connectivity index (χ2v) is 12.2. The zero-order valence-corrected chi connectivity index (χ0v) is 31.9. The fraction of sp³-hybridized carbons (Fsp3) is 0.293. The smallest absolute Gasteiger partial charge is 0.335 e. The lowest BCUT2D eigenvalue weighted by Gasteiger charge is -2.28. The number of hydrogen-bond donors (Lipinski definition) is 3. The Morgan fingerprint density at radius 3 is 2.25 bits per heavy atom. The van der Waals surface area contributed by atoms with Crippen LogP contribution in [0.4, 0.5) is 0 Å². The molecule has 0 saturated heterocycles. The van der Waals surface area contributed by atoms with Crippen molar-refractivity contribution in [3.8, 4) is 11.5 Å². The van der Waals surface area contributed by atoms with Crippen molar-refractivity contribution < 1.29 is 28.9 Å². The normalized spacial score (nSPS) is 13.4. The minimum atomic E-state index is -1.01. The van der Waals surface area contributed by atoms with Crippen LogP contribution in [-0.4, -0.2) is 54.5 Å². The van der Waals surface area contributed by atoms with E-state index in [1.54, 1.807) is 62.8 Å². The van der Waals surface area contributed by atoms with E-state index in [4.69, 9.17) is 42.5 Å². The number of carbonyl (C=O) groups excluding carboxylic acids is 1. The fourth-order valence-corrected chi connectivity index (χ4v) is 5.03. The first-order valence-corrected chi connectivity index (χ1v) is 17.7. The van der Waals surface area contributed by atoms with Gasteiger partial charge in [-0.1, -0.05) is 67.8 Å². The number of nitrogens with zero attached hydrogens (tertiary/aromatic N) is 1. The molecule has 0 spiro atoms. The minimum absolute atomic E-state index is 0.0786. The average molecular weight is 751 g/mol. The van der Waals surface area contributed by atoms with Gasteiger partial charge in [-0.25, -0.2) is 4.79 Å². The summed E-state index contributed by atoms with van der Waals surface area (Å²) in [5.41, 5.74) is 4.06. The standard InChI is InChI=1S/C41H49Cl2N3O6/c1-6-8-24-46(25-21-30(3)10-15-34(43)20-23-42)40(44)38(45-39(47)29-32(9-7-2)27-37(51-5)22-26-50-4)28-31-11-16-35(17-12-31)52-36-18-13-33(14-19-36)41(48)49/h9-23,25-27,38,44H,6-8,24,28-29H2,1-5H3,(H,45,47)(H,48,49)/b23-20+,25-21+,26-22+,30-10+,32-9+,34-15+,37-27+,44-40?. The monoisotopic (exact) mass is 749 g/mol. The molecule has 0 aliphatic heterocycles. The minimum Gasteiger partial charge on any atom is -0.504 e. The maximum absolute atomic E-state index is 13.6. The molecule has 1 atom stereocenters. The van der Waals surface area contributed by atoms with E-state index in [0.717, 1.165) is 29.6 Å². The van der Waals surface area contributed by atoms with Crippen molar-refractivity contribution in [1.82, 2.24) is 10.2 Å². The number of amides is 1. The number of hydrogen-bond acceptors (Lipinski definition) is 6. The van der Waals surface area contributed by atoms with E-state index in [9.17, 15) is 15.0 Å². The lowest BCUT2D eigenvalue weighted by atomic mass is 10.0. The van der Waals surface area contributed by atoms with Gasteiger partial charge in [0.2, 0.25) is 5.91 Å². The molecule has 2 aromatic carbocycles. The Morgan fingerprint density at radius 1 is 1.00 bits per heavy atom. The molecule has 1 unspecified atom stereocenters. The van der Waals surface area contributed by atoms with E-state index < -0.39 is 12.0 Å². The second kappa shape index (κ2) is 24.2. The Kier molecular flexibility index (Phi) is 20.1. The van der Waals surface area contributed by atoms with E-state index in [-0.39, 0.29) is 23.7 Å². The molecule has 1 amide bonds. The Bertz CT molecular complexity index is 1670. The molecule has 11 heteroatoms. The summed E-state index contributed by atoms with van der Waals surface area (Å²) in [6, 6.07) is 12.9. The highest BCUT2D eigenvalue weighted by atomic mass is 35.5. The van der Waals surface area contributed by atoms with Crippen molar-refractivity contribution in [2.75, 3.05) is 20.8 Å². The van der Waals surface area contributed by atoms with Crippen LogP contribution < -0.4 is 10.1 Å². The highest BCUT2D eigenvalue weighted by Crippen LogP contribution is 2.23. The van der Waals surface area contributed by atoms with Gasteiger partial charge >= 0.3 is 5.97 Å². The molecular weight excluding hydrogens is 701 g/mol. The first-order chi connectivity index (χ1) is 25.0. The summed E-state index contributed by atoms with van der Waals surface area (Å²) in [4.78, 5) is 26.7. The Morgan fingerprint density at radius 2 is 1.67 bits per heavy atom. The van der Waals surface area contributed by atoms with Gasteiger partial charge in [-0.15, -0.1) is 0 Å². The van der Waals surface area contributed by atoms with Crippen molar-refractivity contribution in [1.29, 1.82) is 5.41 Å². The molecular formula is C41H49Cl2N3O6. The molecule has 0 bridgehead atoms. The van der Waals surface area contributed by atoms with Gasteiger partial charge in [0.25, 0.3) is 0 Å². The van der Waals surface area contributed by atoms with Crippen molar-refractivity contribution >= 4 is 40.9 Å². The fourth-order valence-electron chi connectivity index (χ4n) is 4.71. The molecule has 2 aromatic rings. The first kappa shape index (κ1) is 43.2. The van der Waals surface area contributed by atoms with E-state index in [0.29, 0.717) is 41.7 Å². The number of carboxylic acid groups (broad SMARTS) is 1. The Labute approximate surface area is 317 Å². The molecule has 278 valence electrons. The summed E-state index contributed by atoms with van der Waals surface area (Å²) >= 11 is 11.8. The first-order valence-electron chi connectivity index (χ1n) is 16.9. The van der Waals surface area contributed by atoms with Gasteiger partial charge in [0.05, 0.1) is 38.5 Å².